The van der Waals surface area contributed by atoms with E-state index in [9.17, 15) is 13.2 Å². The Bertz CT molecular complexity index is 581. The third-order valence-corrected chi connectivity index (χ3v) is 3.98. The third-order valence-electron chi connectivity index (χ3n) is 2.84. The van der Waals surface area contributed by atoms with Gasteiger partial charge in [0, 0.05) is 23.3 Å². The van der Waals surface area contributed by atoms with Crippen molar-refractivity contribution in [2.45, 2.75) is 31.1 Å². The fourth-order valence-corrected chi connectivity index (χ4v) is 2.67. The first-order valence-corrected chi connectivity index (χ1v) is 7.51. The largest absolute Gasteiger partial charge is 0.398 e. The van der Waals surface area contributed by atoms with Gasteiger partial charge in [-0.15, -0.1) is 11.8 Å². The maximum Gasteiger partial charge on any atom is 0.398 e. The molecule has 0 aliphatic carbocycles. The number of alkyl halides is 3. The second kappa shape index (κ2) is 6.89. The highest BCUT2D eigenvalue weighted by molar-refractivity contribution is 7.99. The summed E-state index contributed by atoms with van der Waals surface area (Å²) in [5, 5.41) is 7.34. The normalized spacial score (nSPS) is 11.6. The van der Waals surface area contributed by atoms with E-state index < -0.39 is 11.9 Å². The molecule has 7 heteroatoms. The minimum atomic E-state index is -4.17. The quantitative estimate of drug-likeness (QED) is 0.811. The Morgan fingerprint density at radius 2 is 2.00 bits per heavy atom. The number of nitrogens with zero attached hydrogens (tertiary/aromatic N) is 2. The van der Waals surface area contributed by atoms with Crippen LogP contribution in [0.5, 0.6) is 0 Å². The molecule has 2 aromatic rings. The number of hydrogen-bond acceptors (Lipinski definition) is 3. The van der Waals surface area contributed by atoms with Gasteiger partial charge in [-0.05, 0) is 25.1 Å². The van der Waals surface area contributed by atoms with Crippen LogP contribution in [-0.4, -0.2) is 21.7 Å². The van der Waals surface area contributed by atoms with Gasteiger partial charge < -0.3 is 5.32 Å². The van der Waals surface area contributed by atoms with E-state index in [1.54, 1.807) is 30.5 Å². The Balaban J connectivity index is 2.03. The van der Waals surface area contributed by atoms with Crippen molar-refractivity contribution in [3.63, 3.8) is 0 Å². The van der Waals surface area contributed by atoms with Crippen molar-refractivity contribution in [2.75, 3.05) is 11.1 Å². The van der Waals surface area contributed by atoms with E-state index in [1.165, 1.54) is 0 Å². The van der Waals surface area contributed by atoms with E-state index in [-0.39, 0.29) is 0 Å². The molecule has 0 amide bonds. The predicted molar refractivity (Wildman–Crippen MR) is 78.4 cm³/mol. The van der Waals surface area contributed by atoms with Gasteiger partial charge in [0.2, 0.25) is 0 Å². The molecule has 0 saturated carbocycles. The van der Waals surface area contributed by atoms with Gasteiger partial charge in [-0.25, -0.2) is 0 Å². The maximum atomic E-state index is 12.3. The molecular formula is C14H16F3N3S. The smallest absolute Gasteiger partial charge is 0.378 e. The minimum Gasteiger partial charge on any atom is -0.378 e. The molecule has 0 aliphatic heterocycles. The van der Waals surface area contributed by atoms with E-state index in [4.69, 9.17) is 0 Å². The van der Waals surface area contributed by atoms with Gasteiger partial charge in [-0.2, -0.15) is 18.3 Å². The average Bonchev–Trinajstić information content (AvgIpc) is 2.90. The summed E-state index contributed by atoms with van der Waals surface area (Å²) < 4.78 is 38.8. The zero-order valence-corrected chi connectivity index (χ0v) is 12.3. The summed E-state index contributed by atoms with van der Waals surface area (Å²) in [5.41, 5.74) is 1.70. The molecule has 0 fully saturated rings. The maximum absolute atomic E-state index is 12.3. The van der Waals surface area contributed by atoms with Gasteiger partial charge in [0.05, 0.1) is 18.0 Å². The van der Waals surface area contributed by atoms with Gasteiger partial charge in [-0.3, -0.25) is 4.68 Å². The second-order valence-corrected chi connectivity index (χ2v) is 5.41. The molecule has 0 spiro atoms. The predicted octanol–water partition coefficient (Wildman–Crippen LogP) is 4.17. The van der Waals surface area contributed by atoms with Crippen LogP contribution in [0.15, 0.2) is 41.4 Å². The Morgan fingerprint density at radius 1 is 1.24 bits per heavy atom. The highest BCUT2D eigenvalue weighted by Crippen LogP contribution is 2.32. The van der Waals surface area contributed by atoms with E-state index in [0.717, 1.165) is 24.0 Å². The van der Waals surface area contributed by atoms with Crippen LogP contribution < -0.4 is 5.32 Å². The van der Waals surface area contributed by atoms with Crippen molar-refractivity contribution in [2.24, 2.45) is 0 Å². The van der Waals surface area contributed by atoms with Crippen LogP contribution >= 0.6 is 11.8 Å². The molecule has 1 N–H and O–H groups in total. The van der Waals surface area contributed by atoms with Crippen LogP contribution in [-0.2, 0) is 13.1 Å². The summed E-state index contributed by atoms with van der Waals surface area (Å²) >= 11 is 0.791. The first-order chi connectivity index (χ1) is 9.99. The summed E-state index contributed by atoms with van der Waals surface area (Å²) in [6.07, 6.45) is -2.45. The molecule has 2 rings (SSSR count). The lowest BCUT2D eigenvalue weighted by atomic mass is 10.3. The van der Waals surface area contributed by atoms with Crippen LogP contribution in [0, 0.1) is 0 Å². The number of thioether (sulfide) groups is 1. The standard InChI is InChI=1S/C14H16F3N3S/c1-2-20-11(7-8-19-20)9-18-12-5-3-4-6-13(12)21-10-14(15,16)17/h3-8,18H,2,9-10H2,1H3. The Morgan fingerprint density at radius 3 is 2.71 bits per heavy atom. The number of rotatable bonds is 6. The highest BCUT2D eigenvalue weighted by Gasteiger charge is 2.27. The summed E-state index contributed by atoms with van der Waals surface area (Å²) in [4.78, 5) is 0.595. The molecule has 1 aromatic heterocycles. The fourth-order valence-electron chi connectivity index (χ4n) is 1.88. The van der Waals surface area contributed by atoms with E-state index in [1.807, 2.05) is 17.7 Å². The molecule has 0 aliphatic rings. The topological polar surface area (TPSA) is 29.9 Å². The summed E-state index contributed by atoms with van der Waals surface area (Å²) in [5.74, 6) is -0.890. The van der Waals surface area contributed by atoms with Crippen molar-refractivity contribution in [1.29, 1.82) is 0 Å². The fraction of sp³-hybridized carbons (Fsp3) is 0.357. The molecule has 0 radical (unpaired) electrons. The molecular weight excluding hydrogens is 299 g/mol. The third kappa shape index (κ3) is 4.70. The van der Waals surface area contributed by atoms with Crippen LogP contribution in [0.4, 0.5) is 18.9 Å². The minimum absolute atomic E-state index is 0.525. The van der Waals surface area contributed by atoms with Gasteiger partial charge in [0.15, 0.2) is 0 Å². The van der Waals surface area contributed by atoms with Crippen LogP contribution in [0.1, 0.15) is 12.6 Å². The number of anilines is 1. The van der Waals surface area contributed by atoms with Gasteiger partial charge in [0.1, 0.15) is 0 Å². The van der Waals surface area contributed by atoms with E-state index in [2.05, 4.69) is 10.4 Å². The summed E-state index contributed by atoms with van der Waals surface area (Å²) in [6.45, 7) is 3.27. The summed E-state index contributed by atoms with van der Waals surface area (Å²) in [7, 11) is 0. The summed E-state index contributed by atoms with van der Waals surface area (Å²) in [6, 6.07) is 8.90. The van der Waals surface area contributed by atoms with Crippen molar-refractivity contribution in [1.82, 2.24) is 9.78 Å². The SMILES string of the molecule is CCn1nccc1CNc1ccccc1SCC(F)(F)F. The molecule has 0 bridgehead atoms. The molecule has 3 nitrogen and oxygen atoms in total. The first kappa shape index (κ1) is 15.8. The monoisotopic (exact) mass is 315 g/mol. The molecule has 0 unspecified atom stereocenters. The van der Waals surface area contributed by atoms with E-state index >= 15 is 0 Å². The Kier molecular flexibility index (Phi) is 5.17. The van der Waals surface area contributed by atoms with Crippen molar-refractivity contribution in [3.8, 4) is 0 Å². The number of para-hydroxylation sites is 1. The van der Waals surface area contributed by atoms with Crippen molar-refractivity contribution >= 4 is 17.4 Å². The molecule has 0 atom stereocenters. The Labute approximate surface area is 125 Å². The number of hydrogen-bond donors (Lipinski definition) is 1. The van der Waals surface area contributed by atoms with Crippen LogP contribution in [0.25, 0.3) is 0 Å². The lowest BCUT2D eigenvalue weighted by Crippen LogP contribution is -2.11. The van der Waals surface area contributed by atoms with Gasteiger partial charge in [0.25, 0.3) is 0 Å². The zero-order valence-electron chi connectivity index (χ0n) is 11.5. The molecule has 0 saturated heterocycles. The van der Waals surface area contributed by atoms with Gasteiger partial charge >= 0.3 is 6.18 Å². The second-order valence-electron chi connectivity index (χ2n) is 4.39. The van der Waals surface area contributed by atoms with Crippen LogP contribution in [0.3, 0.4) is 0 Å². The highest BCUT2D eigenvalue weighted by atomic mass is 32.2. The number of aromatic nitrogens is 2. The van der Waals surface area contributed by atoms with Gasteiger partial charge in [-0.1, -0.05) is 12.1 Å². The Hall–Kier alpha value is -1.63. The van der Waals surface area contributed by atoms with E-state index in [0.29, 0.717) is 17.1 Å². The molecule has 1 heterocycles. The average molecular weight is 315 g/mol. The lowest BCUT2D eigenvalue weighted by Gasteiger charge is -2.13. The van der Waals surface area contributed by atoms with Crippen molar-refractivity contribution in [3.05, 3.63) is 42.2 Å². The number of nitrogens with one attached hydrogen (secondary N) is 1. The number of halogens is 3. The molecule has 21 heavy (non-hydrogen) atoms. The first-order valence-electron chi connectivity index (χ1n) is 6.52. The lowest BCUT2D eigenvalue weighted by molar-refractivity contribution is -0.105. The van der Waals surface area contributed by atoms with Crippen molar-refractivity contribution < 1.29 is 13.2 Å². The molecule has 114 valence electrons. The number of benzene rings is 1. The van der Waals surface area contributed by atoms with Crippen LogP contribution in [0.2, 0.25) is 0 Å². The zero-order chi connectivity index (χ0) is 15.3. The molecule has 1 aromatic carbocycles. The number of aryl methyl sites for hydroxylation is 1.